The van der Waals surface area contributed by atoms with Crippen LogP contribution in [0.25, 0.3) is 0 Å². The number of nitrogens with zero attached hydrogens (tertiary/aromatic N) is 3. The lowest BCUT2D eigenvalue weighted by molar-refractivity contribution is 0.295. The van der Waals surface area contributed by atoms with Gasteiger partial charge in [-0.2, -0.15) is 4.98 Å². The zero-order chi connectivity index (χ0) is 14.3. The van der Waals surface area contributed by atoms with Crippen molar-refractivity contribution in [2.24, 2.45) is 0 Å². The summed E-state index contributed by atoms with van der Waals surface area (Å²) >= 11 is 0. The van der Waals surface area contributed by atoms with Crippen LogP contribution in [0.1, 0.15) is 33.6 Å². The highest BCUT2D eigenvalue weighted by atomic mass is 19.1. The van der Waals surface area contributed by atoms with Crippen molar-refractivity contribution in [1.82, 2.24) is 14.9 Å². The van der Waals surface area contributed by atoms with Gasteiger partial charge in [-0.1, -0.05) is 13.8 Å². The summed E-state index contributed by atoms with van der Waals surface area (Å²) in [4.78, 5) is 9.83. The van der Waals surface area contributed by atoms with E-state index in [1.165, 1.54) is 0 Å². The molecule has 3 N–H and O–H groups in total. The summed E-state index contributed by atoms with van der Waals surface area (Å²) in [7, 11) is 0. The Bertz CT molecular complexity index is 381. The van der Waals surface area contributed by atoms with Crippen LogP contribution >= 0.6 is 0 Å². The topological polar surface area (TPSA) is 67.1 Å². The van der Waals surface area contributed by atoms with Crippen LogP contribution < -0.4 is 11.1 Å². The van der Waals surface area contributed by atoms with Crippen LogP contribution in [0.4, 0.5) is 16.2 Å². The minimum absolute atomic E-state index is 0.0826. The molecule has 1 aromatic heterocycles. The number of aromatic nitrogens is 2. The molecule has 0 aromatic carbocycles. The molecular formula is C13H24FN5. The van der Waals surface area contributed by atoms with Crippen LogP contribution in [0.5, 0.6) is 0 Å². The zero-order valence-electron chi connectivity index (χ0n) is 12.0. The fraction of sp³-hybridized carbons (Fsp3) is 0.692. The predicted octanol–water partition coefficient (Wildman–Crippen LogP) is 2.12. The third-order valence-electron chi connectivity index (χ3n) is 3.15. The number of hydrogen-bond acceptors (Lipinski definition) is 5. The van der Waals surface area contributed by atoms with Gasteiger partial charge in [0, 0.05) is 6.04 Å². The first-order valence-electron chi connectivity index (χ1n) is 6.83. The first kappa shape index (κ1) is 15.6. The van der Waals surface area contributed by atoms with E-state index >= 15 is 0 Å². The molecule has 0 saturated carbocycles. The van der Waals surface area contributed by atoms with Crippen molar-refractivity contribution >= 4 is 11.8 Å². The minimum atomic E-state index is -0.468. The highest BCUT2D eigenvalue weighted by Gasteiger charge is 2.09. The Morgan fingerprint density at radius 1 is 1.42 bits per heavy atom. The van der Waals surface area contributed by atoms with E-state index in [0.29, 0.717) is 0 Å². The molecule has 0 fully saturated rings. The number of nitrogens with one attached hydrogen (secondary N) is 1. The van der Waals surface area contributed by atoms with Gasteiger partial charge in [0.25, 0.3) is 0 Å². The Hall–Kier alpha value is -1.43. The SMILES string of the molecule is CCN(CC)CCCC(C)Nc1nc(N)ncc1F. The molecule has 1 unspecified atom stereocenters. The molecule has 0 bridgehead atoms. The molecule has 1 heterocycles. The summed E-state index contributed by atoms with van der Waals surface area (Å²) in [6.07, 6.45) is 3.12. The van der Waals surface area contributed by atoms with Crippen molar-refractivity contribution in [1.29, 1.82) is 0 Å². The fourth-order valence-corrected chi connectivity index (χ4v) is 1.95. The van der Waals surface area contributed by atoms with Gasteiger partial charge in [-0.15, -0.1) is 0 Å². The summed E-state index contributed by atoms with van der Waals surface area (Å²) < 4.78 is 13.4. The Labute approximate surface area is 114 Å². The van der Waals surface area contributed by atoms with Crippen LogP contribution in [0, 0.1) is 5.82 Å². The van der Waals surface area contributed by atoms with Gasteiger partial charge in [-0.3, -0.25) is 0 Å². The molecule has 0 amide bonds. The molecule has 5 nitrogen and oxygen atoms in total. The monoisotopic (exact) mass is 269 g/mol. The second-order valence-corrected chi connectivity index (χ2v) is 4.64. The predicted molar refractivity (Wildman–Crippen MR) is 76.5 cm³/mol. The molecule has 0 aliphatic carbocycles. The van der Waals surface area contributed by atoms with Crippen molar-refractivity contribution in [3.05, 3.63) is 12.0 Å². The average molecular weight is 269 g/mol. The molecule has 1 atom stereocenters. The van der Waals surface area contributed by atoms with Gasteiger partial charge >= 0.3 is 0 Å². The fourth-order valence-electron chi connectivity index (χ4n) is 1.95. The first-order chi connectivity index (χ1) is 9.06. The second-order valence-electron chi connectivity index (χ2n) is 4.64. The maximum absolute atomic E-state index is 13.4. The number of hydrogen-bond donors (Lipinski definition) is 2. The highest BCUT2D eigenvalue weighted by molar-refractivity contribution is 5.39. The molecule has 0 spiro atoms. The molecule has 6 heteroatoms. The normalized spacial score (nSPS) is 12.7. The summed E-state index contributed by atoms with van der Waals surface area (Å²) in [5.41, 5.74) is 5.44. The highest BCUT2D eigenvalue weighted by Crippen LogP contribution is 2.13. The molecular weight excluding hydrogens is 245 g/mol. The summed E-state index contributed by atoms with van der Waals surface area (Å²) in [6, 6.07) is 0.152. The van der Waals surface area contributed by atoms with E-state index in [4.69, 9.17) is 5.73 Å². The molecule has 1 rings (SSSR count). The van der Waals surface area contributed by atoms with Crippen LogP contribution in [-0.4, -0.2) is 40.5 Å². The van der Waals surface area contributed by atoms with E-state index in [1.807, 2.05) is 6.92 Å². The first-order valence-corrected chi connectivity index (χ1v) is 6.83. The number of anilines is 2. The van der Waals surface area contributed by atoms with Crippen molar-refractivity contribution in [3.63, 3.8) is 0 Å². The summed E-state index contributed by atoms with van der Waals surface area (Å²) in [5.74, 6) is -0.202. The van der Waals surface area contributed by atoms with E-state index in [2.05, 4.69) is 34.0 Å². The van der Waals surface area contributed by atoms with Gasteiger partial charge in [0.2, 0.25) is 5.95 Å². The molecule has 0 radical (unpaired) electrons. The lowest BCUT2D eigenvalue weighted by atomic mass is 10.1. The van der Waals surface area contributed by atoms with Gasteiger partial charge in [-0.05, 0) is 39.4 Å². The number of nitrogen functional groups attached to an aromatic ring is 1. The van der Waals surface area contributed by atoms with Crippen LogP contribution in [-0.2, 0) is 0 Å². The molecule has 19 heavy (non-hydrogen) atoms. The quantitative estimate of drug-likeness (QED) is 0.756. The Morgan fingerprint density at radius 2 is 2.11 bits per heavy atom. The summed E-state index contributed by atoms with van der Waals surface area (Å²) in [6.45, 7) is 9.52. The largest absolute Gasteiger partial charge is 0.368 e. The maximum atomic E-state index is 13.4. The van der Waals surface area contributed by atoms with Crippen molar-refractivity contribution in [3.8, 4) is 0 Å². The van der Waals surface area contributed by atoms with Crippen molar-refractivity contribution in [2.45, 2.75) is 39.7 Å². The lowest BCUT2D eigenvalue weighted by Crippen LogP contribution is -2.26. The van der Waals surface area contributed by atoms with Gasteiger partial charge in [-0.25, -0.2) is 9.37 Å². The Morgan fingerprint density at radius 3 is 2.74 bits per heavy atom. The Kier molecular flexibility index (Phi) is 6.49. The summed E-state index contributed by atoms with van der Waals surface area (Å²) in [5, 5.41) is 3.04. The molecule has 0 saturated heterocycles. The minimum Gasteiger partial charge on any atom is -0.368 e. The van der Waals surface area contributed by atoms with Gasteiger partial charge in [0.05, 0.1) is 6.20 Å². The molecule has 0 aliphatic heterocycles. The third-order valence-corrected chi connectivity index (χ3v) is 3.15. The van der Waals surface area contributed by atoms with Crippen molar-refractivity contribution < 1.29 is 4.39 Å². The molecule has 1 aromatic rings. The van der Waals surface area contributed by atoms with E-state index < -0.39 is 5.82 Å². The zero-order valence-corrected chi connectivity index (χ0v) is 12.0. The van der Waals surface area contributed by atoms with E-state index in [1.54, 1.807) is 0 Å². The average Bonchev–Trinajstić information content (AvgIpc) is 2.39. The number of nitrogens with two attached hydrogens (primary N) is 1. The molecule has 0 aliphatic rings. The standard InChI is InChI=1S/C13H24FN5/c1-4-19(5-2)8-6-7-10(3)17-12-11(14)9-16-13(15)18-12/h9-10H,4-8H2,1-3H3,(H3,15,16,17,18). The third kappa shape index (κ3) is 5.38. The van der Waals surface area contributed by atoms with Crippen LogP contribution in [0.2, 0.25) is 0 Å². The van der Waals surface area contributed by atoms with Gasteiger partial charge in [0.1, 0.15) is 0 Å². The van der Waals surface area contributed by atoms with Crippen molar-refractivity contribution in [2.75, 3.05) is 30.7 Å². The lowest BCUT2D eigenvalue weighted by Gasteiger charge is -2.20. The van der Waals surface area contributed by atoms with E-state index in [-0.39, 0.29) is 17.8 Å². The smallest absolute Gasteiger partial charge is 0.222 e. The van der Waals surface area contributed by atoms with E-state index in [0.717, 1.165) is 38.7 Å². The van der Waals surface area contributed by atoms with Gasteiger partial charge < -0.3 is 16.0 Å². The second kappa shape index (κ2) is 7.89. The van der Waals surface area contributed by atoms with Crippen LogP contribution in [0.15, 0.2) is 6.20 Å². The Balaban J connectivity index is 2.38. The number of rotatable bonds is 8. The molecule has 108 valence electrons. The maximum Gasteiger partial charge on any atom is 0.222 e. The van der Waals surface area contributed by atoms with Gasteiger partial charge in [0.15, 0.2) is 11.6 Å². The number of halogens is 1. The van der Waals surface area contributed by atoms with Crippen LogP contribution in [0.3, 0.4) is 0 Å². The van der Waals surface area contributed by atoms with E-state index in [9.17, 15) is 4.39 Å².